The summed E-state index contributed by atoms with van der Waals surface area (Å²) in [6.45, 7) is 1.22. The fraction of sp³-hybridized carbons (Fsp3) is 0.212. The minimum absolute atomic E-state index is 0.101. The molecule has 0 aromatic heterocycles. The van der Waals surface area contributed by atoms with Crippen LogP contribution in [0.25, 0.3) is 11.1 Å². The van der Waals surface area contributed by atoms with E-state index in [0.717, 1.165) is 47.9 Å². The molecular formula is C33H31ClN2O2. The van der Waals surface area contributed by atoms with Gasteiger partial charge in [0.25, 0.3) is 11.8 Å². The average Bonchev–Trinajstić information content (AvgIpc) is 3.25. The second-order valence-electron chi connectivity index (χ2n) is 9.66. The summed E-state index contributed by atoms with van der Waals surface area (Å²) in [5, 5.41) is 5.63. The van der Waals surface area contributed by atoms with E-state index >= 15 is 0 Å². The summed E-state index contributed by atoms with van der Waals surface area (Å²) in [7, 11) is 0. The molecule has 0 atom stereocenters. The van der Waals surface area contributed by atoms with Crippen LogP contribution in [0.2, 0.25) is 0 Å². The number of hydrogen-bond donors (Lipinski definition) is 2. The number of amides is 2. The van der Waals surface area contributed by atoms with Crippen molar-refractivity contribution in [2.45, 2.75) is 31.1 Å². The van der Waals surface area contributed by atoms with Crippen molar-refractivity contribution in [2.75, 3.05) is 13.1 Å². The Balaban J connectivity index is 1.17. The molecule has 0 radical (unpaired) electrons. The molecule has 1 aliphatic rings. The number of alkyl halides is 1. The Bertz CT molecular complexity index is 1310. The molecule has 1 aliphatic carbocycles. The highest BCUT2D eigenvalue weighted by molar-refractivity contribution is 6.25. The molecule has 5 heteroatoms. The van der Waals surface area contributed by atoms with Crippen LogP contribution in [-0.2, 0) is 12.8 Å². The van der Waals surface area contributed by atoms with E-state index < -0.39 is 5.38 Å². The zero-order valence-corrected chi connectivity index (χ0v) is 22.0. The second kappa shape index (κ2) is 12.1. The van der Waals surface area contributed by atoms with Crippen molar-refractivity contribution < 1.29 is 9.59 Å². The highest BCUT2D eigenvalue weighted by Gasteiger charge is 2.29. The average molecular weight is 523 g/mol. The van der Waals surface area contributed by atoms with Crippen molar-refractivity contribution in [3.8, 4) is 11.1 Å². The number of aryl methyl sites for hydroxylation is 2. The first-order valence-corrected chi connectivity index (χ1v) is 13.6. The molecule has 0 bridgehead atoms. The third-order valence-electron chi connectivity index (χ3n) is 7.01. The predicted molar refractivity (Wildman–Crippen MR) is 154 cm³/mol. The van der Waals surface area contributed by atoms with Gasteiger partial charge < -0.3 is 10.6 Å². The second-order valence-corrected chi connectivity index (χ2v) is 10.1. The first-order valence-electron chi connectivity index (χ1n) is 13.2. The van der Waals surface area contributed by atoms with Gasteiger partial charge in [-0.25, -0.2) is 0 Å². The molecule has 5 rings (SSSR count). The molecule has 0 spiro atoms. The van der Waals surface area contributed by atoms with Crippen molar-refractivity contribution in [1.82, 2.24) is 10.6 Å². The van der Waals surface area contributed by atoms with Crippen molar-refractivity contribution in [2.24, 2.45) is 0 Å². The van der Waals surface area contributed by atoms with Crippen LogP contribution in [0, 0.1) is 0 Å². The fourth-order valence-electron chi connectivity index (χ4n) is 4.97. The van der Waals surface area contributed by atoms with Crippen LogP contribution >= 0.6 is 11.6 Å². The van der Waals surface area contributed by atoms with Gasteiger partial charge in [-0.15, -0.1) is 11.6 Å². The maximum atomic E-state index is 12.8. The molecule has 2 amide bonds. The highest BCUT2D eigenvalue weighted by Crippen LogP contribution is 2.47. The third-order valence-corrected chi connectivity index (χ3v) is 7.48. The number of nitrogens with one attached hydrogen (secondary N) is 2. The topological polar surface area (TPSA) is 58.2 Å². The van der Waals surface area contributed by atoms with Crippen LogP contribution in [0.5, 0.6) is 0 Å². The summed E-state index contributed by atoms with van der Waals surface area (Å²) < 4.78 is 0. The lowest BCUT2D eigenvalue weighted by molar-refractivity contribution is 0.0945. The molecule has 2 N–H and O–H groups in total. The Morgan fingerprint density at radius 2 is 1.03 bits per heavy atom. The van der Waals surface area contributed by atoms with Gasteiger partial charge in [-0.3, -0.25) is 9.59 Å². The van der Waals surface area contributed by atoms with Gasteiger partial charge in [0.1, 0.15) is 0 Å². The van der Waals surface area contributed by atoms with Gasteiger partial charge in [0.2, 0.25) is 0 Å². The Labute approximate surface area is 229 Å². The van der Waals surface area contributed by atoms with Crippen LogP contribution in [0.3, 0.4) is 0 Å². The van der Waals surface area contributed by atoms with Crippen LogP contribution in [0.4, 0.5) is 0 Å². The van der Waals surface area contributed by atoms with Crippen molar-refractivity contribution in [3.63, 3.8) is 0 Å². The first kappa shape index (κ1) is 25.7. The van der Waals surface area contributed by atoms with Gasteiger partial charge in [-0.05, 0) is 83.3 Å². The Hall–Kier alpha value is -3.89. The van der Waals surface area contributed by atoms with Gasteiger partial charge in [-0.2, -0.15) is 0 Å². The van der Waals surface area contributed by atoms with E-state index in [1.54, 1.807) is 0 Å². The molecule has 0 aliphatic heterocycles. The Morgan fingerprint density at radius 1 is 0.605 bits per heavy atom. The van der Waals surface area contributed by atoms with E-state index in [1.807, 2.05) is 72.8 Å². The summed E-state index contributed by atoms with van der Waals surface area (Å²) in [5.74, 6) is -0.201. The van der Waals surface area contributed by atoms with Gasteiger partial charge in [-0.1, -0.05) is 72.8 Å². The quantitative estimate of drug-likeness (QED) is 0.179. The van der Waals surface area contributed by atoms with E-state index in [0.29, 0.717) is 24.2 Å². The number of rotatable bonds is 10. The summed E-state index contributed by atoms with van der Waals surface area (Å²) in [6, 6.07) is 31.9. The van der Waals surface area contributed by atoms with Gasteiger partial charge in [0, 0.05) is 24.2 Å². The molecule has 4 nitrogen and oxygen atoms in total. The number of carbonyl (C=O) groups is 2. The maximum absolute atomic E-state index is 12.8. The zero-order valence-electron chi connectivity index (χ0n) is 21.3. The van der Waals surface area contributed by atoms with Crippen molar-refractivity contribution in [3.05, 3.63) is 130 Å². The van der Waals surface area contributed by atoms with E-state index in [1.165, 1.54) is 11.1 Å². The maximum Gasteiger partial charge on any atom is 0.251 e. The molecule has 0 fully saturated rings. The van der Waals surface area contributed by atoms with E-state index in [4.69, 9.17) is 11.6 Å². The fourth-order valence-corrected chi connectivity index (χ4v) is 5.33. The van der Waals surface area contributed by atoms with Crippen LogP contribution in [-0.4, -0.2) is 24.9 Å². The Morgan fingerprint density at radius 3 is 1.45 bits per heavy atom. The van der Waals surface area contributed by atoms with Gasteiger partial charge in [0.05, 0.1) is 5.38 Å². The summed E-state index contributed by atoms with van der Waals surface area (Å²) in [6.07, 6.45) is 3.60. The van der Waals surface area contributed by atoms with Crippen LogP contribution < -0.4 is 10.6 Å². The Kier molecular flexibility index (Phi) is 8.20. The smallest absolute Gasteiger partial charge is 0.251 e. The van der Waals surface area contributed by atoms with Crippen molar-refractivity contribution >= 4 is 23.4 Å². The van der Waals surface area contributed by atoms with Gasteiger partial charge >= 0.3 is 0 Å². The minimum Gasteiger partial charge on any atom is -0.352 e. The molecule has 38 heavy (non-hydrogen) atoms. The molecule has 4 aromatic carbocycles. The van der Waals surface area contributed by atoms with Gasteiger partial charge in [0.15, 0.2) is 0 Å². The summed E-state index contributed by atoms with van der Waals surface area (Å²) >= 11 is 6.85. The van der Waals surface area contributed by atoms with E-state index in [9.17, 15) is 9.59 Å². The number of hydrogen-bond acceptors (Lipinski definition) is 2. The molecule has 0 saturated carbocycles. The monoisotopic (exact) mass is 522 g/mol. The molecular weight excluding hydrogens is 492 g/mol. The molecule has 0 saturated heterocycles. The third kappa shape index (κ3) is 5.98. The SMILES string of the molecule is O=C(NCCCc1ccccc1)c1ccc2c(c1)C(Cl)c1cc(C(=O)NCCCc3ccccc3)ccc1-2. The molecule has 192 valence electrons. The zero-order chi connectivity index (χ0) is 26.3. The number of fused-ring (bicyclic) bond motifs is 3. The predicted octanol–water partition coefficient (Wildman–Crippen LogP) is 6.72. The minimum atomic E-state index is -0.406. The molecule has 0 heterocycles. The first-order chi connectivity index (χ1) is 18.6. The lowest BCUT2D eigenvalue weighted by atomic mass is 10.0. The standard InChI is InChI=1S/C33H31ClN2O2/c34-31-29-21-25(32(37)35-19-7-13-23-9-3-1-4-10-23)15-17-27(29)28-18-16-26(22-30(28)31)33(38)36-20-8-14-24-11-5-2-6-12-24/h1-6,9-12,15-18,21-22,31H,7-8,13-14,19-20H2,(H,35,37)(H,36,38). The summed E-state index contributed by atoms with van der Waals surface area (Å²) in [4.78, 5) is 25.6. The number of halogens is 1. The largest absolute Gasteiger partial charge is 0.352 e. The lowest BCUT2D eigenvalue weighted by Gasteiger charge is -2.09. The lowest BCUT2D eigenvalue weighted by Crippen LogP contribution is -2.25. The van der Waals surface area contributed by atoms with E-state index in [2.05, 4.69) is 34.9 Å². The normalized spacial score (nSPS) is 12.0. The van der Waals surface area contributed by atoms with E-state index in [-0.39, 0.29) is 11.8 Å². The molecule has 0 unspecified atom stereocenters. The van der Waals surface area contributed by atoms with Crippen LogP contribution in [0.1, 0.15) is 61.2 Å². The number of benzene rings is 4. The van der Waals surface area contributed by atoms with Crippen molar-refractivity contribution in [1.29, 1.82) is 0 Å². The highest BCUT2D eigenvalue weighted by atomic mass is 35.5. The molecule has 4 aromatic rings. The number of carbonyl (C=O) groups excluding carboxylic acids is 2. The van der Waals surface area contributed by atoms with Crippen LogP contribution in [0.15, 0.2) is 97.1 Å². The summed E-state index contributed by atoms with van der Waals surface area (Å²) in [5.41, 5.74) is 7.55.